The Morgan fingerprint density at radius 2 is 2.24 bits per heavy atom. The lowest BCUT2D eigenvalue weighted by Gasteiger charge is -2.17. The van der Waals surface area contributed by atoms with E-state index in [0.29, 0.717) is 23.0 Å². The number of ether oxygens (including phenoxy) is 1. The number of aryl methyl sites for hydroxylation is 2. The first-order chi connectivity index (χ1) is 12.1. The number of hydrogen-bond acceptors (Lipinski definition) is 4. The number of furan rings is 1. The molecule has 1 saturated carbocycles. The molecule has 1 amide bonds. The van der Waals surface area contributed by atoms with Gasteiger partial charge in [-0.1, -0.05) is 0 Å². The Bertz CT molecular complexity index is 937. The Kier molecular flexibility index (Phi) is 3.75. The van der Waals surface area contributed by atoms with E-state index in [4.69, 9.17) is 9.15 Å². The van der Waals surface area contributed by atoms with Gasteiger partial charge in [0.05, 0.1) is 13.2 Å². The molecular weight excluding hydrogens is 318 g/mol. The molecule has 6 heteroatoms. The first-order valence-corrected chi connectivity index (χ1v) is 8.43. The minimum atomic E-state index is -0.201. The van der Waals surface area contributed by atoms with Crippen LogP contribution in [0.2, 0.25) is 0 Å². The monoisotopic (exact) mass is 339 g/mol. The fourth-order valence-corrected chi connectivity index (χ4v) is 3.26. The predicted octanol–water partition coefficient (Wildman–Crippen LogP) is 3.36. The number of fused-ring (bicyclic) bond motifs is 1. The molecular formula is C19H21N3O3. The minimum Gasteiger partial charge on any atom is -0.497 e. The third-order valence-electron chi connectivity index (χ3n) is 4.87. The van der Waals surface area contributed by atoms with E-state index in [1.54, 1.807) is 19.4 Å². The lowest BCUT2D eigenvalue weighted by molar-refractivity contribution is 0.0902. The standard InChI is InChI=1S/C19H21N3O3/c1-11-14-7-6-13(24-3)10-15(14)25-17(11)19(23)21-16(12-4-5-12)18-20-8-9-22(18)2/h6-10,12,16H,4-5H2,1-3H3,(H,21,23). The van der Waals surface area contributed by atoms with Crippen LogP contribution in [0.1, 0.15) is 40.8 Å². The van der Waals surface area contributed by atoms with Crippen molar-refractivity contribution in [2.45, 2.75) is 25.8 Å². The summed E-state index contributed by atoms with van der Waals surface area (Å²) in [6.45, 7) is 1.90. The fraction of sp³-hybridized carbons (Fsp3) is 0.368. The SMILES string of the molecule is COc1ccc2c(C)c(C(=O)NC(c3nccn3C)C3CC3)oc2c1. The lowest BCUT2D eigenvalue weighted by atomic mass is 10.1. The van der Waals surface area contributed by atoms with Gasteiger partial charge in [-0.25, -0.2) is 4.98 Å². The highest BCUT2D eigenvalue weighted by Crippen LogP contribution is 2.40. The average molecular weight is 339 g/mol. The normalized spacial score (nSPS) is 15.3. The number of methoxy groups -OCH3 is 1. The Labute approximate surface area is 145 Å². The van der Waals surface area contributed by atoms with Gasteiger partial charge in [0.1, 0.15) is 17.2 Å². The number of imidazole rings is 1. The largest absolute Gasteiger partial charge is 0.497 e. The summed E-state index contributed by atoms with van der Waals surface area (Å²) >= 11 is 0. The van der Waals surface area contributed by atoms with Crippen molar-refractivity contribution in [2.75, 3.05) is 7.11 Å². The van der Waals surface area contributed by atoms with Crippen LogP contribution < -0.4 is 10.1 Å². The topological polar surface area (TPSA) is 69.3 Å². The van der Waals surface area contributed by atoms with Gasteiger partial charge >= 0.3 is 0 Å². The van der Waals surface area contributed by atoms with Crippen LogP contribution in [0.4, 0.5) is 0 Å². The minimum absolute atomic E-state index is 0.0883. The number of amides is 1. The third-order valence-corrected chi connectivity index (χ3v) is 4.87. The van der Waals surface area contributed by atoms with Crippen LogP contribution in [0, 0.1) is 12.8 Å². The van der Waals surface area contributed by atoms with Gasteiger partial charge in [0.25, 0.3) is 5.91 Å². The molecule has 2 aromatic heterocycles. The van der Waals surface area contributed by atoms with Gasteiger partial charge in [-0.2, -0.15) is 0 Å². The molecule has 2 heterocycles. The molecule has 3 aromatic rings. The number of nitrogens with zero attached hydrogens (tertiary/aromatic N) is 2. The van der Waals surface area contributed by atoms with E-state index in [1.807, 2.05) is 36.9 Å². The molecule has 25 heavy (non-hydrogen) atoms. The first-order valence-electron chi connectivity index (χ1n) is 8.43. The highest BCUT2D eigenvalue weighted by atomic mass is 16.5. The summed E-state index contributed by atoms with van der Waals surface area (Å²) in [5, 5.41) is 4.04. The van der Waals surface area contributed by atoms with E-state index >= 15 is 0 Å². The van der Waals surface area contributed by atoms with Gasteiger partial charge in [-0.3, -0.25) is 4.79 Å². The molecule has 1 N–H and O–H groups in total. The number of hydrogen-bond donors (Lipinski definition) is 1. The van der Waals surface area contributed by atoms with Gasteiger partial charge in [0.15, 0.2) is 5.76 Å². The molecule has 1 fully saturated rings. The average Bonchev–Trinajstić information content (AvgIpc) is 3.29. The molecule has 0 saturated heterocycles. The quantitative estimate of drug-likeness (QED) is 0.774. The Balaban J connectivity index is 1.65. The van der Waals surface area contributed by atoms with Crippen molar-refractivity contribution >= 4 is 16.9 Å². The molecule has 1 aromatic carbocycles. The van der Waals surface area contributed by atoms with Crippen molar-refractivity contribution < 1.29 is 13.9 Å². The Morgan fingerprint density at radius 1 is 1.44 bits per heavy atom. The molecule has 1 aliphatic carbocycles. The van der Waals surface area contributed by atoms with Crippen LogP contribution in [-0.2, 0) is 7.05 Å². The molecule has 6 nitrogen and oxygen atoms in total. The maximum Gasteiger partial charge on any atom is 0.287 e. The van der Waals surface area contributed by atoms with E-state index in [1.165, 1.54) is 0 Å². The second-order valence-electron chi connectivity index (χ2n) is 6.60. The summed E-state index contributed by atoms with van der Waals surface area (Å²) in [6.07, 6.45) is 5.87. The number of rotatable bonds is 5. The third kappa shape index (κ3) is 2.77. The van der Waals surface area contributed by atoms with E-state index in [9.17, 15) is 4.79 Å². The summed E-state index contributed by atoms with van der Waals surface area (Å²) in [7, 11) is 3.56. The zero-order valence-corrected chi connectivity index (χ0v) is 14.6. The fourth-order valence-electron chi connectivity index (χ4n) is 3.26. The van der Waals surface area contributed by atoms with Crippen LogP contribution in [-0.4, -0.2) is 22.6 Å². The summed E-state index contributed by atoms with van der Waals surface area (Å²) < 4.78 is 13.0. The van der Waals surface area contributed by atoms with Crippen molar-refractivity contribution in [1.82, 2.24) is 14.9 Å². The highest BCUT2D eigenvalue weighted by molar-refractivity contribution is 5.99. The maximum absolute atomic E-state index is 12.9. The Morgan fingerprint density at radius 3 is 2.88 bits per heavy atom. The van der Waals surface area contributed by atoms with Gasteiger partial charge < -0.3 is 19.0 Å². The van der Waals surface area contributed by atoms with Crippen LogP contribution in [0.3, 0.4) is 0 Å². The first kappa shape index (κ1) is 15.7. The molecule has 0 aliphatic heterocycles. The zero-order chi connectivity index (χ0) is 17.6. The Hall–Kier alpha value is -2.76. The summed E-state index contributed by atoms with van der Waals surface area (Å²) in [4.78, 5) is 17.3. The van der Waals surface area contributed by atoms with Crippen LogP contribution in [0.15, 0.2) is 35.0 Å². The maximum atomic E-state index is 12.9. The molecule has 1 unspecified atom stereocenters. The van der Waals surface area contributed by atoms with Crippen LogP contribution >= 0.6 is 0 Å². The second-order valence-corrected chi connectivity index (χ2v) is 6.60. The van der Waals surface area contributed by atoms with Gasteiger partial charge in [-0.15, -0.1) is 0 Å². The lowest BCUT2D eigenvalue weighted by Crippen LogP contribution is -2.31. The summed E-state index contributed by atoms with van der Waals surface area (Å²) in [5.41, 5.74) is 1.49. The second kappa shape index (κ2) is 5.95. The smallest absolute Gasteiger partial charge is 0.287 e. The van der Waals surface area contributed by atoms with Crippen molar-refractivity contribution in [3.05, 3.63) is 47.7 Å². The van der Waals surface area contributed by atoms with E-state index in [2.05, 4.69) is 10.3 Å². The molecule has 0 bridgehead atoms. The van der Waals surface area contributed by atoms with Gasteiger partial charge in [0, 0.05) is 36.5 Å². The molecule has 130 valence electrons. The van der Waals surface area contributed by atoms with Crippen molar-refractivity contribution in [1.29, 1.82) is 0 Å². The van der Waals surface area contributed by atoms with Crippen molar-refractivity contribution in [2.24, 2.45) is 13.0 Å². The number of aromatic nitrogens is 2. The number of benzene rings is 1. The number of carbonyl (C=O) groups is 1. The molecule has 0 radical (unpaired) electrons. The summed E-state index contributed by atoms with van der Waals surface area (Å²) in [6, 6.07) is 5.50. The van der Waals surface area contributed by atoms with Gasteiger partial charge in [-0.05, 0) is 37.8 Å². The van der Waals surface area contributed by atoms with E-state index < -0.39 is 0 Å². The number of nitrogens with one attached hydrogen (secondary N) is 1. The predicted molar refractivity (Wildman–Crippen MR) is 93.6 cm³/mol. The molecule has 1 atom stereocenters. The van der Waals surface area contributed by atoms with E-state index in [-0.39, 0.29) is 11.9 Å². The zero-order valence-electron chi connectivity index (χ0n) is 14.6. The van der Waals surface area contributed by atoms with E-state index in [0.717, 1.165) is 29.6 Å². The van der Waals surface area contributed by atoms with Crippen molar-refractivity contribution in [3.63, 3.8) is 0 Å². The molecule has 4 rings (SSSR count). The summed E-state index contributed by atoms with van der Waals surface area (Å²) in [5.74, 6) is 2.17. The van der Waals surface area contributed by atoms with Crippen LogP contribution in [0.25, 0.3) is 11.0 Å². The number of carbonyl (C=O) groups excluding carboxylic acids is 1. The van der Waals surface area contributed by atoms with Gasteiger partial charge in [0.2, 0.25) is 0 Å². The molecule has 0 spiro atoms. The van der Waals surface area contributed by atoms with Crippen LogP contribution in [0.5, 0.6) is 5.75 Å². The molecule has 1 aliphatic rings. The van der Waals surface area contributed by atoms with Crippen molar-refractivity contribution in [3.8, 4) is 5.75 Å². The highest BCUT2D eigenvalue weighted by Gasteiger charge is 2.36.